The number of hydrogen-bond acceptors (Lipinski definition) is 5. The molecule has 0 aliphatic heterocycles. The first-order valence-electron chi connectivity index (χ1n) is 9.15. The summed E-state index contributed by atoms with van der Waals surface area (Å²) in [6.45, 7) is 0.278. The van der Waals surface area contributed by atoms with Crippen LogP contribution in [0.1, 0.15) is 21.5 Å². The summed E-state index contributed by atoms with van der Waals surface area (Å²) in [5.41, 5.74) is 4.27. The van der Waals surface area contributed by atoms with E-state index < -0.39 is 11.9 Å². The molecule has 0 aliphatic carbocycles. The molecule has 0 aromatic heterocycles. The summed E-state index contributed by atoms with van der Waals surface area (Å²) in [7, 11) is 0. The highest BCUT2D eigenvalue weighted by molar-refractivity contribution is 5.89. The molecule has 0 unspecified atom stereocenters. The number of nitrogens with one attached hydrogen (secondary N) is 1. The van der Waals surface area contributed by atoms with E-state index in [1.54, 1.807) is 36.4 Å². The van der Waals surface area contributed by atoms with Gasteiger partial charge in [0.05, 0.1) is 11.8 Å². The lowest BCUT2D eigenvalue weighted by Crippen LogP contribution is -2.24. The number of hydrazone groups is 1. The minimum atomic E-state index is -1.00. The zero-order chi connectivity index (χ0) is 21.2. The van der Waals surface area contributed by atoms with E-state index in [0.29, 0.717) is 23.7 Å². The molecule has 3 aromatic carbocycles. The maximum Gasteiger partial charge on any atom is 0.335 e. The molecule has 0 heterocycles. The fraction of sp³-hybridized carbons (Fsp3) is 0.0870. The van der Waals surface area contributed by atoms with E-state index in [0.717, 1.165) is 5.56 Å². The van der Waals surface area contributed by atoms with Crippen molar-refractivity contribution in [1.82, 2.24) is 5.43 Å². The molecule has 0 aliphatic rings. The minimum absolute atomic E-state index is 0.182. The number of carboxylic acids is 1. The first-order chi connectivity index (χ1) is 14.6. The molecule has 7 nitrogen and oxygen atoms in total. The molecule has 7 heteroatoms. The number of ether oxygens (including phenoxy) is 2. The molecule has 2 N–H and O–H groups in total. The number of rotatable bonds is 9. The van der Waals surface area contributed by atoms with Gasteiger partial charge in [-0.25, -0.2) is 10.2 Å². The summed E-state index contributed by atoms with van der Waals surface area (Å²) in [4.78, 5) is 22.6. The van der Waals surface area contributed by atoms with Crippen molar-refractivity contribution >= 4 is 18.1 Å². The average molecular weight is 404 g/mol. The third kappa shape index (κ3) is 6.49. The first-order valence-corrected chi connectivity index (χ1v) is 9.15. The highest BCUT2D eigenvalue weighted by atomic mass is 16.5. The van der Waals surface area contributed by atoms with Crippen LogP contribution in [0.2, 0.25) is 0 Å². The van der Waals surface area contributed by atoms with Crippen molar-refractivity contribution in [2.45, 2.75) is 6.61 Å². The van der Waals surface area contributed by atoms with Crippen molar-refractivity contribution in [3.63, 3.8) is 0 Å². The minimum Gasteiger partial charge on any atom is -0.489 e. The maximum absolute atomic E-state index is 11.8. The van der Waals surface area contributed by atoms with Crippen LogP contribution in [-0.4, -0.2) is 29.8 Å². The molecule has 0 atom stereocenters. The second kappa shape index (κ2) is 10.4. The fourth-order valence-corrected chi connectivity index (χ4v) is 2.44. The summed E-state index contributed by atoms with van der Waals surface area (Å²) in [6, 6.07) is 23.0. The smallest absolute Gasteiger partial charge is 0.335 e. The van der Waals surface area contributed by atoms with Gasteiger partial charge in [0, 0.05) is 0 Å². The Hall–Kier alpha value is -4.13. The zero-order valence-electron chi connectivity index (χ0n) is 16.0. The Labute approximate surface area is 173 Å². The van der Waals surface area contributed by atoms with Crippen molar-refractivity contribution in [3.05, 3.63) is 95.6 Å². The van der Waals surface area contributed by atoms with Crippen molar-refractivity contribution in [3.8, 4) is 11.5 Å². The number of hydrogen-bond donors (Lipinski definition) is 2. The SMILES string of the molecule is O=C(COc1ccc(OCc2ccccc2)cc1)N/N=C/c1ccc(C(=O)O)cc1. The second-order valence-electron chi connectivity index (χ2n) is 6.25. The van der Waals surface area contributed by atoms with E-state index in [4.69, 9.17) is 14.6 Å². The standard InChI is InChI=1S/C23H20N2O5/c26-22(25-24-14-17-6-8-19(9-7-17)23(27)28)16-30-21-12-10-20(11-13-21)29-15-18-4-2-1-3-5-18/h1-14H,15-16H2,(H,25,26)(H,27,28)/b24-14+. The lowest BCUT2D eigenvalue weighted by atomic mass is 10.1. The highest BCUT2D eigenvalue weighted by Crippen LogP contribution is 2.18. The number of nitrogens with zero attached hydrogens (tertiary/aromatic N) is 1. The number of carbonyl (C=O) groups is 2. The molecular weight excluding hydrogens is 384 g/mol. The highest BCUT2D eigenvalue weighted by Gasteiger charge is 2.03. The van der Waals surface area contributed by atoms with Gasteiger partial charge in [0.1, 0.15) is 18.1 Å². The first kappa shape index (κ1) is 20.6. The number of amides is 1. The van der Waals surface area contributed by atoms with Crippen molar-refractivity contribution in [1.29, 1.82) is 0 Å². The number of benzene rings is 3. The van der Waals surface area contributed by atoms with Gasteiger partial charge in [-0.05, 0) is 47.5 Å². The normalized spacial score (nSPS) is 10.5. The average Bonchev–Trinajstić information content (AvgIpc) is 2.78. The van der Waals surface area contributed by atoms with Crippen LogP contribution in [0, 0.1) is 0 Å². The van der Waals surface area contributed by atoms with E-state index in [1.807, 2.05) is 30.3 Å². The quantitative estimate of drug-likeness (QED) is 0.420. The Kier molecular flexibility index (Phi) is 7.16. The Morgan fingerprint density at radius 2 is 1.50 bits per heavy atom. The van der Waals surface area contributed by atoms with Crippen LogP contribution in [0.25, 0.3) is 0 Å². The van der Waals surface area contributed by atoms with Crippen molar-refractivity contribution in [2.75, 3.05) is 6.61 Å². The van der Waals surface area contributed by atoms with Gasteiger partial charge in [-0.3, -0.25) is 4.79 Å². The van der Waals surface area contributed by atoms with Gasteiger partial charge in [0.2, 0.25) is 0 Å². The lowest BCUT2D eigenvalue weighted by molar-refractivity contribution is -0.123. The topological polar surface area (TPSA) is 97.2 Å². The summed E-state index contributed by atoms with van der Waals surface area (Å²) in [5.74, 6) is -0.183. The predicted octanol–water partition coefficient (Wildman–Crippen LogP) is 3.49. The van der Waals surface area contributed by atoms with E-state index in [1.165, 1.54) is 18.3 Å². The number of aromatic carboxylic acids is 1. The van der Waals surface area contributed by atoms with Gasteiger partial charge < -0.3 is 14.6 Å². The summed E-state index contributed by atoms with van der Waals surface area (Å²) in [5, 5.41) is 12.7. The van der Waals surface area contributed by atoms with Gasteiger partial charge in [-0.2, -0.15) is 5.10 Å². The second-order valence-corrected chi connectivity index (χ2v) is 6.25. The molecule has 0 fully saturated rings. The zero-order valence-corrected chi connectivity index (χ0v) is 16.0. The Bertz CT molecular complexity index is 1000. The molecule has 3 aromatic rings. The van der Waals surface area contributed by atoms with E-state index in [2.05, 4.69) is 10.5 Å². The molecule has 30 heavy (non-hydrogen) atoms. The van der Waals surface area contributed by atoms with Crippen LogP contribution in [-0.2, 0) is 11.4 Å². The molecule has 0 saturated heterocycles. The summed E-state index contributed by atoms with van der Waals surface area (Å²) < 4.78 is 11.1. The van der Waals surface area contributed by atoms with Crippen LogP contribution in [0.5, 0.6) is 11.5 Å². The number of carboxylic acid groups (broad SMARTS) is 1. The third-order valence-electron chi connectivity index (χ3n) is 4.00. The van der Waals surface area contributed by atoms with Gasteiger partial charge in [-0.15, -0.1) is 0 Å². The third-order valence-corrected chi connectivity index (χ3v) is 4.00. The van der Waals surface area contributed by atoms with E-state index in [-0.39, 0.29) is 12.2 Å². The Morgan fingerprint density at radius 1 is 0.867 bits per heavy atom. The van der Waals surface area contributed by atoms with Crippen molar-refractivity contribution in [2.24, 2.45) is 5.10 Å². The molecule has 0 bridgehead atoms. The van der Waals surface area contributed by atoms with Crippen LogP contribution in [0.3, 0.4) is 0 Å². The van der Waals surface area contributed by atoms with Crippen LogP contribution >= 0.6 is 0 Å². The Balaban J connectivity index is 1.40. The van der Waals surface area contributed by atoms with Gasteiger partial charge >= 0.3 is 5.97 Å². The van der Waals surface area contributed by atoms with Crippen LogP contribution in [0.4, 0.5) is 0 Å². The van der Waals surface area contributed by atoms with Crippen LogP contribution in [0.15, 0.2) is 84.0 Å². The fourth-order valence-electron chi connectivity index (χ4n) is 2.44. The molecule has 0 spiro atoms. The largest absolute Gasteiger partial charge is 0.489 e. The molecular formula is C23H20N2O5. The van der Waals surface area contributed by atoms with Crippen molar-refractivity contribution < 1.29 is 24.2 Å². The molecule has 0 radical (unpaired) electrons. The van der Waals surface area contributed by atoms with E-state index in [9.17, 15) is 9.59 Å². The van der Waals surface area contributed by atoms with Gasteiger partial charge in [-0.1, -0.05) is 42.5 Å². The molecule has 152 valence electrons. The monoisotopic (exact) mass is 404 g/mol. The maximum atomic E-state index is 11.8. The molecule has 1 amide bonds. The lowest BCUT2D eigenvalue weighted by Gasteiger charge is -2.08. The summed E-state index contributed by atoms with van der Waals surface area (Å²) in [6.07, 6.45) is 1.42. The van der Waals surface area contributed by atoms with E-state index >= 15 is 0 Å². The predicted molar refractivity (Wildman–Crippen MR) is 112 cm³/mol. The van der Waals surface area contributed by atoms with Gasteiger partial charge in [0.15, 0.2) is 6.61 Å². The number of carbonyl (C=O) groups excluding carboxylic acids is 1. The Morgan fingerprint density at radius 3 is 2.13 bits per heavy atom. The van der Waals surface area contributed by atoms with Crippen LogP contribution < -0.4 is 14.9 Å². The van der Waals surface area contributed by atoms with Gasteiger partial charge in [0.25, 0.3) is 5.91 Å². The molecule has 0 saturated carbocycles. The molecule has 3 rings (SSSR count). The summed E-state index contributed by atoms with van der Waals surface area (Å²) >= 11 is 0.